The molecule has 0 fully saturated rings. The highest BCUT2D eigenvalue weighted by molar-refractivity contribution is 7.90. The SMILES string of the molecule is Cc1cc(C(=O)Nc2cccc(S(=O)(=O)NC3=NCCC3)c2)c2c(=O)[nH]n(C)c2n1. The summed E-state index contributed by atoms with van der Waals surface area (Å²) in [4.78, 5) is 33.6. The lowest BCUT2D eigenvalue weighted by atomic mass is 10.1. The minimum atomic E-state index is -3.81. The van der Waals surface area contributed by atoms with Gasteiger partial charge in [0.05, 0.1) is 15.8 Å². The van der Waals surface area contributed by atoms with Crippen molar-refractivity contribution in [2.24, 2.45) is 12.0 Å². The molecule has 11 heteroatoms. The van der Waals surface area contributed by atoms with Crippen molar-refractivity contribution in [3.8, 4) is 0 Å². The second-order valence-corrected chi connectivity index (χ2v) is 8.71. The van der Waals surface area contributed by atoms with Crippen molar-refractivity contribution >= 4 is 38.5 Å². The highest BCUT2D eigenvalue weighted by Crippen LogP contribution is 2.19. The Labute approximate surface area is 172 Å². The number of nitrogens with zero attached hydrogens (tertiary/aromatic N) is 3. The number of rotatable bonds is 4. The summed E-state index contributed by atoms with van der Waals surface area (Å²) >= 11 is 0. The molecule has 4 rings (SSSR count). The lowest BCUT2D eigenvalue weighted by molar-refractivity contribution is 0.102. The Hall–Kier alpha value is -3.47. The minimum absolute atomic E-state index is 0.00325. The van der Waals surface area contributed by atoms with Crippen LogP contribution in [0.4, 0.5) is 5.69 Å². The fourth-order valence-electron chi connectivity index (χ4n) is 3.34. The van der Waals surface area contributed by atoms with Gasteiger partial charge in [-0.1, -0.05) is 6.07 Å². The van der Waals surface area contributed by atoms with Gasteiger partial charge in [-0.15, -0.1) is 0 Å². The van der Waals surface area contributed by atoms with Crippen LogP contribution in [0.25, 0.3) is 11.0 Å². The molecule has 0 unspecified atom stereocenters. The maximum atomic E-state index is 12.9. The zero-order valence-corrected chi connectivity index (χ0v) is 17.2. The van der Waals surface area contributed by atoms with E-state index in [2.05, 4.69) is 25.1 Å². The molecule has 0 saturated heterocycles. The predicted octanol–water partition coefficient (Wildman–Crippen LogP) is 1.29. The lowest BCUT2D eigenvalue weighted by Gasteiger charge is -2.10. The molecule has 1 amide bonds. The van der Waals surface area contributed by atoms with Gasteiger partial charge in [-0.05, 0) is 37.6 Å². The molecule has 1 aromatic carbocycles. The number of amides is 1. The molecule has 0 bridgehead atoms. The number of pyridine rings is 1. The van der Waals surface area contributed by atoms with Gasteiger partial charge in [0, 0.05) is 31.4 Å². The summed E-state index contributed by atoms with van der Waals surface area (Å²) in [6.07, 6.45) is 1.39. The van der Waals surface area contributed by atoms with E-state index in [-0.39, 0.29) is 21.5 Å². The largest absolute Gasteiger partial charge is 0.322 e. The van der Waals surface area contributed by atoms with Crippen molar-refractivity contribution < 1.29 is 13.2 Å². The number of amidine groups is 1. The Kier molecular flexibility index (Phi) is 4.90. The molecule has 2 aromatic heterocycles. The van der Waals surface area contributed by atoms with Crippen LogP contribution < -0.4 is 15.6 Å². The Bertz CT molecular complexity index is 1350. The molecule has 156 valence electrons. The van der Waals surface area contributed by atoms with Crippen LogP contribution in [0.3, 0.4) is 0 Å². The van der Waals surface area contributed by atoms with E-state index in [1.54, 1.807) is 20.0 Å². The molecule has 0 radical (unpaired) electrons. The van der Waals surface area contributed by atoms with Crippen molar-refractivity contribution in [3.63, 3.8) is 0 Å². The number of carbonyl (C=O) groups excluding carboxylic acids is 1. The van der Waals surface area contributed by atoms with Crippen LogP contribution >= 0.6 is 0 Å². The Morgan fingerprint density at radius 3 is 2.80 bits per heavy atom. The molecule has 30 heavy (non-hydrogen) atoms. The maximum Gasteiger partial charge on any atom is 0.274 e. The first-order valence-corrected chi connectivity index (χ1v) is 10.8. The highest BCUT2D eigenvalue weighted by atomic mass is 32.2. The first kappa shape index (κ1) is 19.8. The number of hydrogen-bond acceptors (Lipinski definition) is 6. The van der Waals surface area contributed by atoms with E-state index >= 15 is 0 Å². The Morgan fingerprint density at radius 1 is 1.27 bits per heavy atom. The number of benzene rings is 1. The normalized spacial score (nSPS) is 14.0. The van der Waals surface area contributed by atoms with Crippen LogP contribution in [0, 0.1) is 6.92 Å². The van der Waals surface area contributed by atoms with Gasteiger partial charge in [-0.3, -0.25) is 29.1 Å². The van der Waals surface area contributed by atoms with E-state index in [0.29, 0.717) is 30.1 Å². The van der Waals surface area contributed by atoms with Gasteiger partial charge in [0.1, 0.15) is 5.84 Å². The first-order chi connectivity index (χ1) is 14.2. The summed E-state index contributed by atoms with van der Waals surface area (Å²) in [5.41, 5.74) is 0.948. The molecule has 10 nitrogen and oxygen atoms in total. The van der Waals surface area contributed by atoms with Crippen molar-refractivity contribution in [1.29, 1.82) is 0 Å². The Balaban J connectivity index is 1.64. The number of aromatic nitrogens is 3. The fourth-order valence-corrected chi connectivity index (χ4v) is 4.47. The number of fused-ring (bicyclic) bond motifs is 1. The number of aryl methyl sites for hydroxylation is 2. The van der Waals surface area contributed by atoms with Crippen LogP contribution in [0.2, 0.25) is 0 Å². The van der Waals surface area contributed by atoms with Gasteiger partial charge in [-0.25, -0.2) is 13.4 Å². The molecule has 3 heterocycles. The third kappa shape index (κ3) is 3.71. The predicted molar refractivity (Wildman–Crippen MR) is 112 cm³/mol. The topological polar surface area (TPSA) is 138 Å². The standard InChI is InChI=1S/C19H20N6O4S/c1-11-9-14(16-17(21-11)25(2)23-19(16)27)18(26)22-12-5-3-6-13(10-12)30(28,29)24-15-7-4-8-20-15/h3,5-6,9-10H,4,7-8H2,1-2H3,(H,20,24)(H,22,26)(H,23,27). The fraction of sp³-hybridized carbons (Fsp3) is 0.263. The van der Waals surface area contributed by atoms with Crippen LogP contribution in [0.15, 0.2) is 45.0 Å². The number of aliphatic imine (C=N–C) groups is 1. The van der Waals surface area contributed by atoms with Crippen molar-refractivity contribution in [1.82, 2.24) is 19.5 Å². The zero-order valence-electron chi connectivity index (χ0n) is 16.4. The van der Waals surface area contributed by atoms with Gasteiger partial charge in [0.15, 0.2) is 5.65 Å². The maximum absolute atomic E-state index is 12.9. The number of anilines is 1. The number of sulfonamides is 1. The van der Waals surface area contributed by atoms with Gasteiger partial charge in [0.2, 0.25) is 0 Å². The highest BCUT2D eigenvalue weighted by Gasteiger charge is 2.21. The summed E-state index contributed by atoms with van der Waals surface area (Å²) in [5.74, 6) is -0.104. The summed E-state index contributed by atoms with van der Waals surface area (Å²) in [5, 5.41) is 5.43. The molecule has 3 aromatic rings. The summed E-state index contributed by atoms with van der Waals surface area (Å²) < 4.78 is 29.1. The third-order valence-electron chi connectivity index (χ3n) is 4.72. The molecule has 0 aliphatic carbocycles. The second-order valence-electron chi connectivity index (χ2n) is 7.03. The second kappa shape index (κ2) is 7.41. The van der Waals surface area contributed by atoms with Gasteiger partial charge in [-0.2, -0.15) is 0 Å². The molecule has 1 aliphatic rings. The molecule has 1 aliphatic heterocycles. The van der Waals surface area contributed by atoms with Crippen LogP contribution in [-0.2, 0) is 17.1 Å². The number of hydrogen-bond donors (Lipinski definition) is 3. The Morgan fingerprint density at radius 2 is 2.07 bits per heavy atom. The van der Waals surface area contributed by atoms with E-state index in [4.69, 9.17) is 0 Å². The van der Waals surface area contributed by atoms with E-state index < -0.39 is 21.5 Å². The number of nitrogens with one attached hydrogen (secondary N) is 3. The quantitative estimate of drug-likeness (QED) is 0.575. The van der Waals surface area contributed by atoms with E-state index in [0.717, 1.165) is 6.42 Å². The average Bonchev–Trinajstić information content (AvgIpc) is 3.29. The van der Waals surface area contributed by atoms with Gasteiger partial charge < -0.3 is 5.32 Å². The smallest absolute Gasteiger partial charge is 0.274 e. The van der Waals surface area contributed by atoms with Crippen LogP contribution in [0.1, 0.15) is 28.9 Å². The van der Waals surface area contributed by atoms with Crippen molar-refractivity contribution in [3.05, 3.63) is 51.9 Å². The molecule has 0 spiro atoms. The average molecular weight is 428 g/mol. The third-order valence-corrected chi connectivity index (χ3v) is 6.09. The van der Waals surface area contributed by atoms with Gasteiger partial charge >= 0.3 is 0 Å². The zero-order chi connectivity index (χ0) is 21.5. The minimum Gasteiger partial charge on any atom is -0.322 e. The molecule has 3 N–H and O–H groups in total. The van der Waals surface area contributed by atoms with E-state index in [1.807, 2.05) is 0 Å². The molecule has 0 atom stereocenters. The van der Waals surface area contributed by atoms with Crippen LogP contribution in [0.5, 0.6) is 0 Å². The summed E-state index contributed by atoms with van der Waals surface area (Å²) in [6.45, 7) is 2.32. The molecule has 0 saturated carbocycles. The first-order valence-electron chi connectivity index (χ1n) is 9.28. The molecular weight excluding hydrogens is 408 g/mol. The van der Waals surface area contributed by atoms with E-state index in [1.165, 1.54) is 28.9 Å². The van der Waals surface area contributed by atoms with Crippen molar-refractivity contribution in [2.45, 2.75) is 24.7 Å². The lowest BCUT2D eigenvalue weighted by Crippen LogP contribution is -2.29. The summed E-state index contributed by atoms with van der Waals surface area (Å²) in [6, 6.07) is 7.42. The number of H-pyrrole nitrogens is 1. The number of aromatic amines is 1. The summed E-state index contributed by atoms with van der Waals surface area (Å²) in [7, 11) is -2.18. The van der Waals surface area contributed by atoms with E-state index in [9.17, 15) is 18.0 Å². The van der Waals surface area contributed by atoms with Crippen molar-refractivity contribution in [2.75, 3.05) is 11.9 Å². The molecular formula is C19H20N6O4S. The van der Waals surface area contributed by atoms with Crippen LogP contribution in [-0.4, -0.2) is 41.5 Å². The monoisotopic (exact) mass is 428 g/mol. The van der Waals surface area contributed by atoms with Gasteiger partial charge in [0.25, 0.3) is 21.5 Å². The number of carbonyl (C=O) groups is 1.